The molecule has 0 aliphatic carbocycles. The van der Waals surface area contributed by atoms with E-state index in [4.69, 9.17) is 10.5 Å². The zero-order valence-electron chi connectivity index (χ0n) is 7.63. The highest BCUT2D eigenvalue weighted by Crippen LogP contribution is 2.20. The van der Waals surface area contributed by atoms with E-state index in [1.807, 2.05) is 26.0 Å². The second kappa shape index (κ2) is 3.74. The Morgan fingerprint density at radius 2 is 1.85 bits per heavy atom. The van der Waals surface area contributed by atoms with Crippen LogP contribution in [0.4, 0.5) is 0 Å². The molecule has 0 aliphatic rings. The monoisotopic (exact) mass is 169 g/mol. The highest BCUT2D eigenvalue weighted by atomic mass is 14.3. The number of hydrogen-bond acceptors (Lipinski definition) is 2. The van der Waals surface area contributed by atoms with Crippen LogP contribution in [0.15, 0.2) is 18.2 Å². The summed E-state index contributed by atoms with van der Waals surface area (Å²) in [7, 11) is 0. The van der Waals surface area contributed by atoms with E-state index >= 15 is 0 Å². The van der Waals surface area contributed by atoms with Crippen molar-refractivity contribution in [1.82, 2.24) is 0 Å². The summed E-state index contributed by atoms with van der Waals surface area (Å²) in [4.78, 5) is 0. The first-order valence-corrected chi connectivity index (χ1v) is 3.94. The topological polar surface area (TPSA) is 47.6 Å². The molecule has 0 saturated carbocycles. The van der Waals surface area contributed by atoms with Crippen LogP contribution in [-0.2, 0) is 0 Å². The average molecular weight is 169 g/mol. The molecule has 0 spiro atoms. The summed E-state index contributed by atoms with van der Waals surface area (Å²) in [5, 5.41) is 17.6. The molecule has 0 aromatic heterocycles. The van der Waals surface area contributed by atoms with Gasteiger partial charge in [-0.15, -0.1) is 0 Å². The summed E-state index contributed by atoms with van der Waals surface area (Å²) in [6, 6.07) is 9.37. The molecule has 1 aromatic rings. The summed E-state index contributed by atoms with van der Waals surface area (Å²) in [5.74, 6) is 1.05. The molecule has 2 heteroatoms. The van der Waals surface area contributed by atoms with Gasteiger partial charge in [0, 0.05) is 5.92 Å². The van der Waals surface area contributed by atoms with Crippen molar-refractivity contribution in [2.45, 2.75) is 13.8 Å². The van der Waals surface area contributed by atoms with Crippen molar-refractivity contribution in [3.63, 3.8) is 0 Å². The van der Waals surface area contributed by atoms with Crippen molar-refractivity contribution in [1.29, 1.82) is 10.5 Å². The molecule has 0 aliphatic heterocycles. The molecule has 0 fully saturated rings. The molecule has 63 valence electrons. The summed E-state index contributed by atoms with van der Waals surface area (Å²) in [5.41, 5.74) is 1.78. The lowest BCUT2D eigenvalue weighted by molar-refractivity contribution is 1.13. The normalized spacial score (nSPS) is 9.31. The minimum atomic E-state index is 0.446. The second-order valence-electron chi connectivity index (χ2n) is 2.95. The van der Waals surface area contributed by atoms with Gasteiger partial charge in [-0.1, -0.05) is 26.0 Å². The van der Waals surface area contributed by atoms with Crippen molar-refractivity contribution >= 4 is 0 Å². The van der Waals surface area contributed by atoms with Gasteiger partial charge in [0.15, 0.2) is 0 Å². The highest BCUT2D eigenvalue weighted by molar-refractivity contribution is 5.54. The van der Waals surface area contributed by atoms with Crippen LogP contribution in [0.1, 0.15) is 30.5 Å². The third-order valence-electron chi connectivity index (χ3n) is 1.84. The van der Waals surface area contributed by atoms with Gasteiger partial charge in [-0.3, -0.25) is 0 Å². The predicted molar refractivity (Wildman–Crippen MR) is 49.6 cm³/mol. The molecular formula is C11H9N2. The summed E-state index contributed by atoms with van der Waals surface area (Å²) < 4.78 is 0. The maximum Gasteiger partial charge on any atom is 0.101 e. The average Bonchev–Trinajstić information content (AvgIpc) is 2.16. The van der Waals surface area contributed by atoms with Crippen LogP contribution >= 0.6 is 0 Å². The largest absolute Gasteiger partial charge is 0.192 e. The van der Waals surface area contributed by atoms with Crippen LogP contribution < -0.4 is 0 Å². The van der Waals surface area contributed by atoms with Gasteiger partial charge in [-0.25, -0.2) is 0 Å². The van der Waals surface area contributed by atoms with E-state index in [-0.39, 0.29) is 0 Å². The first kappa shape index (κ1) is 9.29. The fourth-order valence-electron chi connectivity index (χ4n) is 1.18. The first-order valence-electron chi connectivity index (χ1n) is 3.94. The fourth-order valence-corrected chi connectivity index (χ4v) is 1.18. The van der Waals surface area contributed by atoms with E-state index in [0.717, 1.165) is 11.5 Å². The van der Waals surface area contributed by atoms with Crippen molar-refractivity contribution in [3.8, 4) is 12.1 Å². The molecule has 1 rings (SSSR count). The molecule has 0 heterocycles. The Morgan fingerprint density at radius 1 is 1.15 bits per heavy atom. The molecule has 13 heavy (non-hydrogen) atoms. The zero-order valence-corrected chi connectivity index (χ0v) is 7.63. The Bertz CT molecular complexity index is 392. The minimum absolute atomic E-state index is 0.446. The zero-order chi connectivity index (χ0) is 9.84. The molecule has 1 aromatic carbocycles. The van der Waals surface area contributed by atoms with Crippen LogP contribution in [0.25, 0.3) is 0 Å². The first-order chi connectivity index (χ1) is 6.20. The Morgan fingerprint density at radius 3 is 2.31 bits per heavy atom. The smallest absolute Gasteiger partial charge is 0.101 e. The molecule has 0 unspecified atom stereocenters. The van der Waals surface area contributed by atoms with Crippen LogP contribution in [0.2, 0.25) is 0 Å². The molecule has 0 atom stereocenters. The van der Waals surface area contributed by atoms with E-state index < -0.39 is 0 Å². The van der Waals surface area contributed by atoms with Gasteiger partial charge in [-0.05, 0) is 11.6 Å². The lowest BCUT2D eigenvalue weighted by Crippen LogP contribution is -1.95. The van der Waals surface area contributed by atoms with Gasteiger partial charge in [0.2, 0.25) is 0 Å². The highest BCUT2D eigenvalue weighted by Gasteiger charge is 2.09. The van der Waals surface area contributed by atoms with Gasteiger partial charge in [-0.2, -0.15) is 10.5 Å². The molecule has 2 nitrogen and oxygen atoms in total. The third kappa shape index (κ3) is 1.68. The van der Waals surface area contributed by atoms with Crippen LogP contribution in [0.5, 0.6) is 0 Å². The maximum absolute atomic E-state index is 8.86. The van der Waals surface area contributed by atoms with Crippen molar-refractivity contribution < 1.29 is 0 Å². The minimum Gasteiger partial charge on any atom is -0.192 e. The molecule has 0 saturated heterocycles. The van der Waals surface area contributed by atoms with Gasteiger partial charge in [0.05, 0.1) is 11.1 Å². The van der Waals surface area contributed by atoms with Gasteiger partial charge in [0.25, 0.3) is 0 Å². The molecular weight excluding hydrogens is 160 g/mol. The molecule has 0 amide bonds. The summed E-state index contributed by atoms with van der Waals surface area (Å²) >= 11 is 0. The summed E-state index contributed by atoms with van der Waals surface area (Å²) in [6.45, 7) is 3.86. The van der Waals surface area contributed by atoms with E-state index in [9.17, 15) is 0 Å². The number of hydrogen-bond donors (Lipinski definition) is 0. The number of rotatable bonds is 1. The van der Waals surface area contributed by atoms with E-state index in [1.165, 1.54) is 0 Å². The van der Waals surface area contributed by atoms with Crippen molar-refractivity contribution in [3.05, 3.63) is 40.8 Å². The van der Waals surface area contributed by atoms with Crippen molar-refractivity contribution in [2.75, 3.05) is 0 Å². The van der Waals surface area contributed by atoms with E-state index in [2.05, 4.69) is 6.07 Å². The number of benzene rings is 1. The van der Waals surface area contributed by atoms with Crippen LogP contribution in [0.3, 0.4) is 0 Å². The predicted octanol–water partition coefficient (Wildman–Crippen LogP) is 2.39. The standard InChI is InChI=1S/C11H9N2/c1-8(2)10-5-3-4-9(6-12)11(10)7-13/h3-5H,1-2H3. The fraction of sp³-hybridized carbons (Fsp3) is 0.182. The Kier molecular flexibility index (Phi) is 2.67. The SMILES string of the molecule is C[C](C)c1cccc(C#N)c1C#N. The van der Waals surface area contributed by atoms with Gasteiger partial charge < -0.3 is 0 Å². The lowest BCUT2D eigenvalue weighted by atomic mass is 9.94. The number of nitrogens with zero attached hydrogens (tertiary/aromatic N) is 2. The Hall–Kier alpha value is -1.80. The molecule has 0 N–H and O–H groups in total. The number of nitriles is 2. The third-order valence-corrected chi connectivity index (χ3v) is 1.84. The van der Waals surface area contributed by atoms with Crippen LogP contribution in [0, 0.1) is 28.6 Å². The lowest BCUT2D eigenvalue weighted by Gasteiger charge is -2.07. The van der Waals surface area contributed by atoms with E-state index in [0.29, 0.717) is 11.1 Å². The van der Waals surface area contributed by atoms with E-state index in [1.54, 1.807) is 12.1 Å². The Balaban J connectivity index is 3.40. The van der Waals surface area contributed by atoms with Gasteiger partial charge in [0.1, 0.15) is 12.1 Å². The van der Waals surface area contributed by atoms with Crippen LogP contribution in [-0.4, -0.2) is 0 Å². The maximum atomic E-state index is 8.86. The van der Waals surface area contributed by atoms with Crippen molar-refractivity contribution in [2.24, 2.45) is 0 Å². The van der Waals surface area contributed by atoms with Gasteiger partial charge >= 0.3 is 0 Å². The molecule has 0 bridgehead atoms. The quantitative estimate of drug-likeness (QED) is 0.648. The summed E-state index contributed by atoms with van der Waals surface area (Å²) in [6.07, 6.45) is 0. The second-order valence-corrected chi connectivity index (χ2v) is 2.95. The Labute approximate surface area is 78.0 Å². The molecule has 1 radical (unpaired) electrons.